The minimum Gasteiger partial charge on any atom is -0.468 e. The minimum atomic E-state index is -4.22. The van der Waals surface area contributed by atoms with Crippen LogP contribution < -0.4 is 21.0 Å². The molecular weight excluding hydrogens is 491 g/mol. The quantitative estimate of drug-likeness (QED) is 0.328. The molecule has 3 rings (SSSR count). The first-order valence-electron chi connectivity index (χ1n) is 10.3. The second kappa shape index (κ2) is 10.9. The number of rotatable bonds is 9. The number of anilines is 1. The van der Waals surface area contributed by atoms with Crippen LogP contribution in [0.2, 0.25) is 5.02 Å². The number of hydrogen-bond acceptors (Lipinski definition) is 10. The van der Waals surface area contributed by atoms with Gasteiger partial charge in [0.2, 0.25) is 0 Å². The lowest BCUT2D eigenvalue weighted by Gasteiger charge is -2.24. The average molecular weight is 517 g/mol. The van der Waals surface area contributed by atoms with Gasteiger partial charge in [-0.05, 0) is 25.1 Å². The third-order valence-corrected chi connectivity index (χ3v) is 7.12. The van der Waals surface area contributed by atoms with E-state index in [1.165, 1.54) is 43.0 Å². The number of hydrogen-bond donors (Lipinski definition) is 3. The molecule has 1 aromatic carbocycles. The molecule has 0 bridgehead atoms. The van der Waals surface area contributed by atoms with Crippen molar-refractivity contribution >= 4 is 31.1 Å². The molecule has 0 aliphatic carbocycles. The molecule has 12 nitrogen and oxygen atoms in total. The van der Waals surface area contributed by atoms with E-state index in [-0.39, 0.29) is 16.6 Å². The molecule has 0 saturated carbocycles. The van der Waals surface area contributed by atoms with Crippen molar-refractivity contribution in [3.63, 3.8) is 0 Å². The van der Waals surface area contributed by atoms with E-state index >= 15 is 0 Å². The Morgan fingerprint density at radius 1 is 1.41 bits per heavy atom. The number of carbonyl (C=O) groups excluding carboxylic acids is 1. The number of nitrogen functional groups attached to an aromatic ring is 1. The molecule has 1 aliphatic heterocycles. The van der Waals surface area contributed by atoms with Crippen LogP contribution in [0.3, 0.4) is 0 Å². The fourth-order valence-electron chi connectivity index (χ4n) is 3.34. The maximum absolute atomic E-state index is 13.5. The molecular formula is C20H26ClN4O8P. The first-order valence-corrected chi connectivity index (χ1v) is 12.2. The van der Waals surface area contributed by atoms with Crippen molar-refractivity contribution in [2.24, 2.45) is 5.92 Å². The van der Waals surface area contributed by atoms with Gasteiger partial charge in [-0.3, -0.25) is 13.9 Å². The third-order valence-electron chi connectivity index (χ3n) is 5.18. The van der Waals surface area contributed by atoms with Gasteiger partial charge in [0.1, 0.15) is 29.9 Å². The Hall–Kier alpha value is -2.47. The molecule has 2 heterocycles. The van der Waals surface area contributed by atoms with Crippen LogP contribution in [0.4, 0.5) is 5.82 Å². The monoisotopic (exact) mass is 516 g/mol. The molecule has 2 aromatic rings. The van der Waals surface area contributed by atoms with E-state index < -0.39 is 56.4 Å². The Bertz CT molecular complexity index is 1130. The van der Waals surface area contributed by atoms with Crippen LogP contribution in [0.15, 0.2) is 41.3 Å². The smallest absolute Gasteiger partial charge is 0.459 e. The fraction of sp³-hybridized carbons (Fsp3) is 0.450. The van der Waals surface area contributed by atoms with Gasteiger partial charge in [-0.2, -0.15) is 10.1 Å². The summed E-state index contributed by atoms with van der Waals surface area (Å²) in [6.07, 6.45) is -1.52. The maximum Gasteiger partial charge on any atom is 0.459 e. The number of nitrogens with two attached hydrogens (primary N) is 1. The molecule has 186 valence electrons. The zero-order valence-corrected chi connectivity index (χ0v) is 20.3. The molecule has 4 N–H and O–H groups in total. The summed E-state index contributed by atoms with van der Waals surface area (Å²) in [4.78, 5) is 27.7. The zero-order chi connectivity index (χ0) is 25.0. The Morgan fingerprint density at radius 3 is 2.76 bits per heavy atom. The number of aromatic nitrogens is 2. The highest BCUT2D eigenvalue weighted by atomic mass is 35.5. The van der Waals surface area contributed by atoms with Crippen LogP contribution >= 0.6 is 19.3 Å². The predicted molar refractivity (Wildman–Crippen MR) is 122 cm³/mol. The first-order chi connectivity index (χ1) is 16.0. The molecule has 0 spiro atoms. The van der Waals surface area contributed by atoms with Crippen LogP contribution in [0.5, 0.6) is 5.75 Å². The maximum atomic E-state index is 13.5. The highest BCUT2D eigenvalue weighted by Crippen LogP contribution is 2.47. The van der Waals surface area contributed by atoms with E-state index in [2.05, 4.69) is 14.8 Å². The molecule has 1 aliphatic rings. The van der Waals surface area contributed by atoms with Crippen molar-refractivity contribution in [2.75, 3.05) is 19.5 Å². The van der Waals surface area contributed by atoms with Crippen molar-refractivity contribution in [1.29, 1.82) is 0 Å². The van der Waals surface area contributed by atoms with E-state index in [0.29, 0.717) is 0 Å². The topological polar surface area (TPSA) is 164 Å². The molecule has 14 heteroatoms. The molecule has 0 amide bonds. The number of carbonyl (C=O) groups is 1. The van der Waals surface area contributed by atoms with E-state index in [9.17, 15) is 19.3 Å². The Morgan fingerprint density at radius 2 is 2.12 bits per heavy atom. The molecule has 1 saturated heterocycles. The van der Waals surface area contributed by atoms with Crippen molar-refractivity contribution in [3.05, 3.63) is 52.0 Å². The van der Waals surface area contributed by atoms with Crippen LogP contribution in [0.1, 0.15) is 20.1 Å². The lowest BCUT2D eigenvalue weighted by atomic mass is 10.0. The number of methoxy groups -OCH3 is 1. The first kappa shape index (κ1) is 26.1. The number of aliphatic hydroxyl groups is 1. The molecule has 6 unspecified atom stereocenters. The standard InChI is InChI=1S/C20H26ClN4O8P/c1-11-17(26)15(32-18(11)25-9-8-16(22)23-20(25)28)10-31-34(29,24-12(2)19(27)30-3)33-14-7-5-4-6-13(14)21/h4-9,11-12,15,17-18,26H,10H2,1-3H3,(H,24,29)(H2,22,23,28). The number of benzene rings is 1. The summed E-state index contributed by atoms with van der Waals surface area (Å²) in [5.41, 5.74) is 4.88. The molecule has 1 fully saturated rings. The predicted octanol–water partition coefficient (Wildman–Crippen LogP) is 1.73. The number of halogens is 1. The van der Waals surface area contributed by atoms with Gasteiger partial charge < -0.3 is 24.8 Å². The summed E-state index contributed by atoms with van der Waals surface area (Å²) in [7, 11) is -3.04. The summed E-state index contributed by atoms with van der Waals surface area (Å²) in [5, 5.41) is 13.3. The van der Waals surface area contributed by atoms with Crippen molar-refractivity contribution in [2.45, 2.75) is 38.3 Å². The third kappa shape index (κ3) is 5.96. The van der Waals surface area contributed by atoms with E-state index in [1.807, 2.05) is 0 Å². The number of para-hydroxylation sites is 1. The Kier molecular flexibility index (Phi) is 8.34. The largest absolute Gasteiger partial charge is 0.468 e. The van der Waals surface area contributed by atoms with Gasteiger partial charge in [-0.15, -0.1) is 0 Å². The van der Waals surface area contributed by atoms with Gasteiger partial charge in [-0.25, -0.2) is 9.36 Å². The highest BCUT2D eigenvalue weighted by Gasteiger charge is 2.44. The summed E-state index contributed by atoms with van der Waals surface area (Å²) in [5.74, 6) is -1.14. The number of nitrogens with one attached hydrogen (secondary N) is 1. The summed E-state index contributed by atoms with van der Waals surface area (Å²) < 4.78 is 36.3. The normalized spacial score (nSPS) is 24.9. The minimum absolute atomic E-state index is 0.0516. The molecule has 6 atom stereocenters. The van der Waals surface area contributed by atoms with Crippen LogP contribution in [-0.2, 0) is 23.4 Å². The Labute approximate surface area is 200 Å². The highest BCUT2D eigenvalue weighted by molar-refractivity contribution is 7.52. The lowest BCUT2D eigenvalue weighted by Crippen LogP contribution is -2.36. The van der Waals surface area contributed by atoms with Crippen molar-refractivity contribution < 1.29 is 33.0 Å². The molecule has 0 radical (unpaired) electrons. The number of esters is 1. The lowest BCUT2D eigenvalue weighted by molar-refractivity contribution is -0.142. The molecule has 34 heavy (non-hydrogen) atoms. The van der Waals surface area contributed by atoms with Gasteiger partial charge in [0.15, 0.2) is 0 Å². The zero-order valence-electron chi connectivity index (χ0n) is 18.7. The molecule has 1 aromatic heterocycles. The van der Waals surface area contributed by atoms with E-state index in [0.717, 1.165) is 0 Å². The summed E-state index contributed by atoms with van der Waals surface area (Å²) in [6.45, 7) is 2.69. The summed E-state index contributed by atoms with van der Waals surface area (Å²) in [6, 6.07) is 6.64. The number of aliphatic hydroxyl groups excluding tert-OH is 1. The van der Waals surface area contributed by atoms with Crippen molar-refractivity contribution in [1.82, 2.24) is 14.6 Å². The average Bonchev–Trinajstić information content (AvgIpc) is 3.07. The second-order valence-electron chi connectivity index (χ2n) is 7.65. The van der Waals surface area contributed by atoms with Crippen LogP contribution in [0, 0.1) is 5.92 Å². The number of ether oxygens (including phenoxy) is 2. The summed E-state index contributed by atoms with van der Waals surface area (Å²) >= 11 is 6.11. The van der Waals surface area contributed by atoms with Gasteiger partial charge in [0.25, 0.3) is 0 Å². The second-order valence-corrected chi connectivity index (χ2v) is 9.75. The van der Waals surface area contributed by atoms with Gasteiger partial charge >= 0.3 is 19.4 Å². The van der Waals surface area contributed by atoms with Gasteiger partial charge in [-0.1, -0.05) is 30.7 Å². The van der Waals surface area contributed by atoms with Gasteiger partial charge in [0, 0.05) is 12.1 Å². The van der Waals surface area contributed by atoms with Crippen LogP contribution in [0.25, 0.3) is 0 Å². The van der Waals surface area contributed by atoms with Gasteiger partial charge in [0.05, 0.1) is 24.8 Å². The van der Waals surface area contributed by atoms with E-state index in [1.54, 1.807) is 19.1 Å². The SMILES string of the molecule is COC(=O)C(C)NP(=O)(OCC1OC(n2ccc(N)nc2=O)C(C)C1O)Oc1ccccc1Cl. The van der Waals surface area contributed by atoms with E-state index in [4.69, 9.17) is 31.1 Å². The van der Waals surface area contributed by atoms with Crippen LogP contribution in [-0.4, -0.2) is 52.6 Å². The number of nitrogens with zero attached hydrogens (tertiary/aromatic N) is 2. The fourth-order valence-corrected chi connectivity index (χ4v) is 5.09. The Balaban J connectivity index is 1.78. The van der Waals surface area contributed by atoms with Crippen molar-refractivity contribution in [3.8, 4) is 5.75 Å².